The molecule has 0 aliphatic heterocycles. The minimum absolute atomic E-state index is 0.121. The van der Waals surface area contributed by atoms with E-state index in [1.165, 1.54) is 0 Å². The minimum atomic E-state index is 0.121. The van der Waals surface area contributed by atoms with E-state index in [1.807, 2.05) is 42.5 Å². The van der Waals surface area contributed by atoms with Crippen molar-refractivity contribution in [2.75, 3.05) is 0 Å². The molecule has 0 fully saturated rings. The lowest BCUT2D eigenvalue weighted by Gasteiger charge is -1.91. The molecule has 0 atom stereocenters. The lowest BCUT2D eigenvalue weighted by atomic mass is 10.2. The van der Waals surface area contributed by atoms with Gasteiger partial charge in [-0.3, -0.25) is 0 Å². The summed E-state index contributed by atoms with van der Waals surface area (Å²) in [5.74, 6) is 0. The summed E-state index contributed by atoms with van der Waals surface area (Å²) in [5.41, 5.74) is 6.71. The monoisotopic (exact) mass is 214 g/mol. The van der Waals surface area contributed by atoms with Crippen LogP contribution < -0.4 is 5.73 Å². The van der Waals surface area contributed by atoms with Crippen molar-refractivity contribution in [1.82, 2.24) is 0 Å². The normalized spacial score (nSPS) is 11.3. The Morgan fingerprint density at radius 1 is 1.33 bits per heavy atom. The van der Waals surface area contributed by atoms with Crippen LogP contribution in [0.5, 0.6) is 0 Å². The summed E-state index contributed by atoms with van der Waals surface area (Å²) in [7, 11) is 0. The number of hydrogen-bond donors (Lipinski definition) is 1. The van der Waals surface area contributed by atoms with Gasteiger partial charge in [0.05, 0.1) is 5.57 Å². The summed E-state index contributed by atoms with van der Waals surface area (Å²) in [5, 5.41) is 8.67. The lowest BCUT2D eigenvalue weighted by Crippen LogP contribution is -2.09. The maximum absolute atomic E-state index is 8.67. The van der Waals surface area contributed by atoms with E-state index in [-0.39, 0.29) is 4.99 Å². The molecular formula is C12H10N2S. The fourth-order valence-electron chi connectivity index (χ4n) is 0.994. The Morgan fingerprint density at radius 3 is 2.53 bits per heavy atom. The van der Waals surface area contributed by atoms with Crippen LogP contribution in [0.4, 0.5) is 0 Å². The number of rotatable bonds is 3. The smallest absolute Gasteiger partial charge is 0.114 e. The van der Waals surface area contributed by atoms with Crippen LogP contribution in [0, 0.1) is 11.3 Å². The summed E-state index contributed by atoms with van der Waals surface area (Å²) in [6.45, 7) is 0. The van der Waals surface area contributed by atoms with Crippen molar-refractivity contribution in [3.63, 3.8) is 0 Å². The molecule has 0 unspecified atom stereocenters. The number of nitrogens with zero attached hydrogens (tertiary/aromatic N) is 1. The summed E-state index contributed by atoms with van der Waals surface area (Å²) < 4.78 is 0. The third-order valence-corrected chi connectivity index (χ3v) is 1.96. The van der Waals surface area contributed by atoms with Crippen LogP contribution >= 0.6 is 12.2 Å². The fourth-order valence-corrected chi connectivity index (χ4v) is 1.11. The Balaban J connectivity index is 2.76. The molecule has 1 aromatic carbocycles. The third kappa shape index (κ3) is 3.75. The quantitative estimate of drug-likeness (QED) is 0.364. The van der Waals surface area contributed by atoms with Gasteiger partial charge >= 0.3 is 0 Å². The first-order valence-corrected chi connectivity index (χ1v) is 4.78. The van der Waals surface area contributed by atoms with E-state index in [0.717, 1.165) is 5.56 Å². The summed E-state index contributed by atoms with van der Waals surface area (Å²) in [6.07, 6.45) is 5.25. The Morgan fingerprint density at radius 2 is 2.00 bits per heavy atom. The van der Waals surface area contributed by atoms with Crippen LogP contribution in [0.1, 0.15) is 5.56 Å². The largest absolute Gasteiger partial charge is 0.389 e. The highest BCUT2D eigenvalue weighted by Gasteiger charge is 1.94. The molecule has 0 aromatic heterocycles. The van der Waals surface area contributed by atoms with Crippen LogP contribution in [-0.4, -0.2) is 4.99 Å². The maximum Gasteiger partial charge on any atom is 0.114 e. The van der Waals surface area contributed by atoms with Crippen molar-refractivity contribution >= 4 is 23.3 Å². The predicted octanol–water partition coefficient (Wildman–Crippen LogP) is 2.44. The zero-order valence-electron chi connectivity index (χ0n) is 8.05. The summed E-state index contributed by atoms with van der Waals surface area (Å²) in [6, 6.07) is 11.7. The van der Waals surface area contributed by atoms with Crippen molar-refractivity contribution < 1.29 is 0 Å². The molecular weight excluding hydrogens is 204 g/mol. The van der Waals surface area contributed by atoms with E-state index in [1.54, 1.807) is 12.2 Å². The second-order valence-electron chi connectivity index (χ2n) is 2.83. The molecule has 74 valence electrons. The van der Waals surface area contributed by atoms with Gasteiger partial charge in [-0.2, -0.15) is 5.26 Å². The Bertz CT molecular complexity index is 438. The van der Waals surface area contributed by atoms with Crippen LogP contribution in [0.2, 0.25) is 0 Å². The van der Waals surface area contributed by atoms with E-state index >= 15 is 0 Å². The molecule has 0 heterocycles. The average molecular weight is 214 g/mol. The molecule has 0 aliphatic rings. The van der Waals surface area contributed by atoms with Gasteiger partial charge in [0.25, 0.3) is 0 Å². The molecule has 0 amide bonds. The molecule has 15 heavy (non-hydrogen) atoms. The number of nitrogens with two attached hydrogens (primary N) is 1. The van der Waals surface area contributed by atoms with Gasteiger partial charge in [0.2, 0.25) is 0 Å². The van der Waals surface area contributed by atoms with Crippen molar-refractivity contribution in [3.8, 4) is 6.07 Å². The van der Waals surface area contributed by atoms with Crippen molar-refractivity contribution in [2.24, 2.45) is 5.73 Å². The Labute approximate surface area is 94.3 Å². The van der Waals surface area contributed by atoms with Crippen LogP contribution in [0.15, 0.2) is 48.1 Å². The molecule has 1 rings (SSSR count). The fraction of sp³-hybridized carbons (Fsp3) is 0. The third-order valence-electron chi connectivity index (χ3n) is 1.74. The first kappa shape index (κ1) is 11.2. The molecule has 0 radical (unpaired) electrons. The first-order valence-electron chi connectivity index (χ1n) is 4.37. The van der Waals surface area contributed by atoms with Gasteiger partial charge in [-0.25, -0.2) is 0 Å². The number of hydrogen-bond acceptors (Lipinski definition) is 2. The number of nitriles is 1. The highest BCUT2D eigenvalue weighted by atomic mass is 32.1. The Hall–Kier alpha value is -1.92. The summed E-state index contributed by atoms with van der Waals surface area (Å²) >= 11 is 4.70. The standard InChI is InChI=1S/C12H10N2S/c13-9-11(12(14)15)8-4-7-10-5-2-1-3-6-10/h1-8H,(H2,14,15)/b7-4+,11-8+. The van der Waals surface area contributed by atoms with Crippen LogP contribution in [0.3, 0.4) is 0 Å². The number of allylic oxidation sites excluding steroid dienone is 2. The molecule has 1 aromatic rings. The molecule has 0 bridgehead atoms. The lowest BCUT2D eigenvalue weighted by molar-refractivity contribution is 1.51. The number of thiocarbonyl (C=S) groups is 1. The van der Waals surface area contributed by atoms with E-state index in [4.69, 9.17) is 23.2 Å². The summed E-state index contributed by atoms with van der Waals surface area (Å²) in [4.78, 5) is 0.121. The molecule has 0 saturated carbocycles. The van der Waals surface area contributed by atoms with Gasteiger partial charge < -0.3 is 5.73 Å². The van der Waals surface area contributed by atoms with Crippen molar-refractivity contribution in [2.45, 2.75) is 0 Å². The van der Waals surface area contributed by atoms with E-state index in [0.29, 0.717) is 5.57 Å². The van der Waals surface area contributed by atoms with E-state index < -0.39 is 0 Å². The molecule has 2 N–H and O–H groups in total. The van der Waals surface area contributed by atoms with Crippen LogP contribution in [-0.2, 0) is 0 Å². The first-order chi connectivity index (χ1) is 7.24. The van der Waals surface area contributed by atoms with Crippen molar-refractivity contribution in [1.29, 1.82) is 5.26 Å². The number of benzene rings is 1. The topological polar surface area (TPSA) is 49.8 Å². The van der Waals surface area contributed by atoms with Gasteiger partial charge in [0, 0.05) is 0 Å². The highest BCUT2D eigenvalue weighted by Crippen LogP contribution is 2.02. The second kappa shape index (κ2) is 5.74. The second-order valence-corrected chi connectivity index (χ2v) is 3.27. The SMILES string of the molecule is N#C/C(=C\C=C\c1ccccc1)C(N)=S. The Kier molecular flexibility index (Phi) is 4.27. The van der Waals surface area contributed by atoms with Gasteiger partial charge in [-0.15, -0.1) is 0 Å². The van der Waals surface area contributed by atoms with Gasteiger partial charge in [0.1, 0.15) is 11.1 Å². The molecule has 2 nitrogen and oxygen atoms in total. The molecule has 0 saturated heterocycles. The molecule has 3 heteroatoms. The van der Waals surface area contributed by atoms with Gasteiger partial charge in [-0.1, -0.05) is 54.7 Å². The van der Waals surface area contributed by atoms with Gasteiger partial charge in [-0.05, 0) is 11.6 Å². The van der Waals surface area contributed by atoms with Gasteiger partial charge in [0.15, 0.2) is 0 Å². The zero-order chi connectivity index (χ0) is 11.1. The molecule has 0 spiro atoms. The van der Waals surface area contributed by atoms with Crippen molar-refractivity contribution in [3.05, 3.63) is 53.6 Å². The predicted molar refractivity (Wildman–Crippen MR) is 66.0 cm³/mol. The van der Waals surface area contributed by atoms with Crippen LogP contribution in [0.25, 0.3) is 6.08 Å². The maximum atomic E-state index is 8.67. The average Bonchev–Trinajstić information content (AvgIpc) is 2.25. The minimum Gasteiger partial charge on any atom is -0.389 e. The zero-order valence-corrected chi connectivity index (χ0v) is 8.87. The van der Waals surface area contributed by atoms with E-state index in [9.17, 15) is 0 Å². The highest BCUT2D eigenvalue weighted by molar-refractivity contribution is 7.80. The molecule has 0 aliphatic carbocycles. The van der Waals surface area contributed by atoms with E-state index in [2.05, 4.69) is 0 Å².